The van der Waals surface area contributed by atoms with Crippen molar-refractivity contribution in [2.75, 3.05) is 19.1 Å². The smallest absolute Gasteiger partial charge is 0.339 e. The SMILES string of the molecule is COC(=O)c1ccccc1N(C)C(=O)c1oc2c(c1C)/C(=N/NC(=O)c1ccoc1C)CCC2. The van der Waals surface area contributed by atoms with E-state index in [0.29, 0.717) is 46.9 Å². The predicted octanol–water partition coefficient (Wildman–Crippen LogP) is 4.02. The number of aryl methyl sites for hydroxylation is 2. The van der Waals surface area contributed by atoms with Crippen LogP contribution in [0.3, 0.4) is 0 Å². The molecule has 9 nitrogen and oxygen atoms in total. The number of amides is 2. The lowest BCUT2D eigenvalue weighted by atomic mass is 9.93. The highest BCUT2D eigenvalue weighted by atomic mass is 16.5. The molecule has 2 heterocycles. The number of fused-ring (bicyclic) bond motifs is 1. The van der Waals surface area contributed by atoms with Crippen molar-refractivity contribution in [3.8, 4) is 0 Å². The van der Waals surface area contributed by atoms with Gasteiger partial charge in [-0.05, 0) is 44.9 Å². The molecule has 1 aromatic carbocycles. The van der Waals surface area contributed by atoms with Crippen LogP contribution in [0.15, 0.2) is 50.5 Å². The van der Waals surface area contributed by atoms with Gasteiger partial charge in [0.15, 0.2) is 5.76 Å². The zero-order chi connectivity index (χ0) is 24.4. The number of carbonyl (C=O) groups excluding carboxylic acids is 3. The molecular weight excluding hydrogens is 438 g/mol. The third-order valence-electron chi connectivity index (χ3n) is 5.89. The number of hydrogen-bond acceptors (Lipinski definition) is 7. The summed E-state index contributed by atoms with van der Waals surface area (Å²) in [5, 5.41) is 4.34. The number of esters is 1. The number of hydrazone groups is 1. The molecule has 1 aliphatic carbocycles. The van der Waals surface area contributed by atoms with E-state index in [9.17, 15) is 14.4 Å². The van der Waals surface area contributed by atoms with Crippen LogP contribution in [0.4, 0.5) is 5.69 Å². The van der Waals surface area contributed by atoms with Gasteiger partial charge in [0.2, 0.25) is 0 Å². The van der Waals surface area contributed by atoms with E-state index in [1.807, 2.05) is 0 Å². The first-order valence-corrected chi connectivity index (χ1v) is 10.8. The molecule has 0 fully saturated rings. The second-order valence-electron chi connectivity index (χ2n) is 7.97. The lowest BCUT2D eigenvalue weighted by molar-refractivity contribution is 0.0601. The quantitative estimate of drug-likeness (QED) is 0.451. The fraction of sp³-hybridized carbons (Fsp3) is 0.280. The van der Waals surface area contributed by atoms with Crippen LogP contribution in [0.2, 0.25) is 0 Å². The van der Waals surface area contributed by atoms with E-state index in [2.05, 4.69) is 10.5 Å². The maximum atomic E-state index is 13.4. The van der Waals surface area contributed by atoms with Gasteiger partial charge in [-0.1, -0.05) is 12.1 Å². The van der Waals surface area contributed by atoms with Crippen LogP contribution < -0.4 is 10.3 Å². The molecule has 176 valence electrons. The van der Waals surface area contributed by atoms with Gasteiger partial charge in [-0.2, -0.15) is 5.10 Å². The molecule has 0 atom stereocenters. The fourth-order valence-corrected chi connectivity index (χ4v) is 4.09. The number of ether oxygens (including phenoxy) is 1. The average molecular weight is 463 g/mol. The molecule has 0 saturated carbocycles. The van der Waals surface area contributed by atoms with Crippen molar-refractivity contribution < 1.29 is 28.0 Å². The van der Waals surface area contributed by atoms with Crippen molar-refractivity contribution in [3.05, 3.63) is 76.1 Å². The molecule has 34 heavy (non-hydrogen) atoms. The molecule has 0 aliphatic heterocycles. The van der Waals surface area contributed by atoms with Crippen LogP contribution in [0.25, 0.3) is 0 Å². The summed E-state index contributed by atoms with van der Waals surface area (Å²) in [7, 11) is 2.87. The summed E-state index contributed by atoms with van der Waals surface area (Å²) >= 11 is 0. The third-order valence-corrected chi connectivity index (χ3v) is 5.89. The van der Waals surface area contributed by atoms with Gasteiger partial charge in [0.05, 0.1) is 35.9 Å². The molecule has 1 N–H and O–H groups in total. The molecule has 0 saturated heterocycles. The fourth-order valence-electron chi connectivity index (χ4n) is 4.09. The minimum absolute atomic E-state index is 0.166. The number of carbonyl (C=O) groups is 3. The van der Waals surface area contributed by atoms with Crippen molar-refractivity contribution in [2.24, 2.45) is 5.10 Å². The number of nitrogens with zero attached hydrogens (tertiary/aromatic N) is 2. The summed E-state index contributed by atoms with van der Waals surface area (Å²) in [5.41, 5.74) is 5.68. The Morgan fingerprint density at radius 3 is 2.56 bits per heavy atom. The number of anilines is 1. The number of methoxy groups -OCH3 is 1. The molecule has 2 aromatic heterocycles. The lowest BCUT2D eigenvalue weighted by Crippen LogP contribution is -2.28. The highest BCUT2D eigenvalue weighted by Crippen LogP contribution is 2.32. The van der Waals surface area contributed by atoms with Crippen LogP contribution in [0, 0.1) is 13.8 Å². The van der Waals surface area contributed by atoms with E-state index in [4.69, 9.17) is 13.6 Å². The van der Waals surface area contributed by atoms with Crippen molar-refractivity contribution in [1.82, 2.24) is 5.43 Å². The number of hydrogen-bond donors (Lipinski definition) is 1. The van der Waals surface area contributed by atoms with E-state index in [1.165, 1.54) is 18.3 Å². The number of para-hydroxylation sites is 1. The van der Waals surface area contributed by atoms with E-state index in [1.54, 1.807) is 51.2 Å². The second-order valence-corrected chi connectivity index (χ2v) is 7.97. The number of benzene rings is 1. The third kappa shape index (κ3) is 4.12. The minimum atomic E-state index is -0.538. The first-order chi connectivity index (χ1) is 16.3. The number of rotatable bonds is 5. The van der Waals surface area contributed by atoms with Crippen molar-refractivity contribution in [3.63, 3.8) is 0 Å². The molecule has 2 amide bonds. The van der Waals surface area contributed by atoms with Crippen LogP contribution >= 0.6 is 0 Å². The van der Waals surface area contributed by atoms with Crippen LogP contribution in [0.5, 0.6) is 0 Å². The summed E-state index contributed by atoms with van der Waals surface area (Å²) in [6.07, 6.45) is 3.50. The first-order valence-electron chi connectivity index (χ1n) is 10.8. The molecule has 1 aliphatic rings. The Balaban J connectivity index is 1.64. The Morgan fingerprint density at radius 2 is 1.85 bits per heavy atom. The van der Waals surface area contributed by atoms with Gasteiger partial charge in [-0.25, -0.2) is 10.2 Å². The zero-order valence-electron chi connectivity index (χ0n) is 19.4. The summed E-state index contributed by atoms with van der Waals surface area (Å²) in [6, 6.07) is 8.29. The lowest BCUT2D eigenvalue weighted by Gasteiger charge is -2.19. The Hall–Kier alpha value is -4.14. The van der Waals surface area contributed by atoms with Gasteiger partial charge < -0.3 is 18.5 Å². The number of nitrogens with one attached hydrogen (secondary N) is 1. The molecule has 0 radical (unpaired) electrons. The van der Waals surface area contributed by atoms with Gasteiger partial charge in [-0.3, -0.25) is 9.59 Å². The maximum Gasteiger partial charge on any atom is 0.339 e. The molecule has 4 rings (SSSR count). The molecule has 3 aromatic rings. The van der Waals surface area contributed by atoms with Gasteiger partial charge in [0.25, 0.3) is 11.8 Å². The van der Waals surface area contributed by atoms with Gasteiger partial charge in [0, 0.05) is 24.6 Å². The van der Waals surface area contributed by atoms with E-state index in [0.717, 1.165) is 12.0 Å². The topological polar surface area (TPSA) is 114 Å². The normalized spacial score (nSPS) is 13.9. The summed E-state index contributed by atoms with van der Waals surface area (Å²) < 4.78 is 16.0. The Bertz CT molecular complexity index is 1300. The Morgan fingerprint density at radius 1 is 1.09 bits per heavy atom. The largest absolute Gasteiger partial charge is 0.469 e. The van der Waals surface area contributed by atoms with Gasteiger partial charge >= 0.3 is 5.97 Å². The molecule has 9 heteroatoms. The van der Waals surface area contributed by atoms with Crippen molar-refractivity contribution in [2.45, 2.75) is 33.1 Å². The Kier molecular flexibility index (Phi) is 6.36. The first kappa shape index (κ1) is 23.0. The summed E-state index contributed by atoms with van der Waals surface area (Å²) in [6.45, 7) is 3.49. The van der Waals surface area contributed by atoms with Crippen molar-refractivity contribution >= 4 is 29.2 Å². The molecule has 0 unspecified atom stereocenters. The standard InChI is InChI=1S/C25H25N3O6/c1-14-21-18(26-27-23(29)16-12-13-33-15(16)2)9-7-11-20(21)34-22(14)24(30)28(3)19-10-6-5-8-17(19)25(31)32-4/h5-6,8,10,12-13H,7,9,11H2,1-4H3,(H,27,29)/b26-18+. The number of furan rings is 2. The average Bonchev–Trinajstić information content (AvgIpc) is 3.44. The zero-order valence-corrected chi connectivity index (χ0v) is 19.4. The van der Waals surface area contributed by atoms with Crippen molar-refractivity contribution in [1.29, 1.82) is 0 Å². The minimum Gasteiger partial charge on any atom is -0.469 e. The molecular formula is C25H25N3O6. The summed E-state index contributed by atoms with van der Waals surface area (Å²) in [4.78, 5) is 39.3. The molecule has 0 spiro atoms. The highest BCUT2D eigenvalue weighted by molar-refractivity contribution is 6.12. The van der Waals surface area contributed by atoms with Gasteiger partial charge in [0.1, 0.15) is 11.5 Å². The van der Waals surface area contributed by atoms with Crippen LogP contribution in [-0.4, -0.2) is 37.7 Å². The monoisotopic (exact) mass is 463 g/mol. The highest BCUT2D eigenvalue weighted by Gasteiger charge is 2.31. The maximum absolute atomic E-state index is 13.4. The van der Waals surface area contributed by atoms with E-state index < -0.39 is 11.9 Å². The van der Waals surface area contributed by atoms with Gasteiger partial charge in [-0.15, -0.1) is 0 Å². The van der Waals surface area contributed by atoms with Crippen LogP contribution in [-0.2, 0) is 11.2 Å². The van der Waals surface area contributed by atoms with E-state index in [-0.39, 0.29) is 17.2 Å². The van der Waals surface area contributed by atoms with Crippen LogP contribution in [0.1, 0.15) is 66.8 Å². The molecule has 0 bridgehead atoms. The predicted molar refractivity (Wildman–Crippen MR) is 124 cm³/mol. The second kappa shape index (κ2) is 9.38. The Labute approximate surface area is 196 Å². The van der Waals surface area contributed by atoms with E-state index >= 15 is 0 Å². The summed E-state index contributed by atoms with van der Waals surface area (Å²) in [5.74, 6) is 0.00422.